The Bertz CT molecular complexity index is 293. The molecule has 1 aromatic rings. The van der Waals surface area contributed by atoms with E-state index in [1.54, 1.807) is 11.3 Å². The van der Waals surface area contributed by atoms with Crippen LogP contribution in [0.4, 0.5) is 5.69 Å². The van der Waals surface area contributed by atoms with E-state index in [0.717, 1.165) is 12.2 Å². The van der Waals surface area contributed by atoms with Crippen molar-refractivity contribution in [1.82, 2.24) is 5.01 Å². The lowest BCUT2D eigenvalue weighted by atomic mass is 10.1. The Morgan fingerprint density at radius 1 is 1.36 bits per heavy atom. The fourth-order valence-corrected chi connectivity index (χ4v) is 1.14. The van der Waals surface area contributed by atoms with E-state index in [-0.39, 0.29) is 0 Å². The van der Waals surface area contributed by atoms with E-state index < -0.39 is 0 Å². The van der Waals surface area contributed by atoms with Gasteiger partial charge in [0.25, 0.3) is 0 Å². The second-order valence-electron chi connectivity index (χ2n) is 2.55. The van der Waals surface area contributed by atoms with Crippen LogP contribution in [-0.2, 0) is 6.54 Å². The lowest BCUT2D eigenvalue weighted by Gasteiger charge is -2.18. The molecular formula is C8H9N3. The Hall–Kier alpha value is -1.35. The third kappa shape index (κ3) is 1.10. The third-order valence-corrected chi connectivity index (χ3v) is 1.69. The van der Waals surface area contributed by atoms with E-state index in [4.69, 9.17) is 5.84 Å². The monoisotopic (exact) mass is 147 g/mol. The van der Waals surface area contributed by atoms with Crippen molar-refractivity contribution >= 4 is 12.0 Å². The number of hydrazine groups is 1. The van der Waals surface area contributed by atoms with Gasteiger partial charge in [-0.2, -0.15) is 0 Å². The molecule has 2 N–H and O–H groups in total. The van der Waals surface area contributed by atoms with Crippen LogP contribution in [0.2, 0.25) is 0 Å². The standard InChI is InChI=1S/C8H9N3/c9-11-5-7-3-1-2-4-8(7)10-6-11/h1-4,6H,5,9H2. The van der Waals surface area contributed by atoms with Crippen molar-refractivity contribution in [2.45, 2.75) is 6.54 Å². The van der Waals surface area contributed by atoms with Crippen molar-refractivity contribution in [3.63, 3.8) is 0 Å². The highest BCUT2D eigenvalue weighted by Crippen LogP contribution is 2.21. The summed E-state index contributed by atoms with van der Waals surface area (Å²) in [5.41, 5.74) is 2.20. The maximum atomic E-state index is 5.53. The highest BCUT2D eigenvalue weighted by molar-refractivity contribution is 5.65. The zero-order valence-corrected chi connectivity index (χ0v) is 6.07. The number of nitrogens with zero attached hydrogens (tertiary/aromatic N) is 2. The predicted octanol–water partition coefficient (Wildman–Crippen LogP) is 1.04. The van der Waals surface area contributed by atoms with Gasteiger partial charge < -0.3 is 0 Å². The van der Waals surface area contributed by atoms with Crippen molar-refractivity contribution in [1.29, 1.82) is 0 Å². The van der Waals surface area contributed by atoms with E-state index in [2.05, 4.69) is 4.99 Å². The number of para-hydroxylation sites is 1. The first-order valence-corrected chi connectivity index (χ1v) is 3.50. The van der Waals surface area contributed by atoms with E-state index in [1.807, 2.05) is 24.3 Å². The van der Waals surface area contributed by atoms with Gasteiger partial charge in [0.2, 0.25) is 0 Å². The molecule has 2 rings (SSSR count). The molecule has 0 aromatic heterocycles. The molecule has 0 aliphatic carbocycles. The lowest BCUT2D eigenvalue weighted by molar-refractivity contribution is 0.442. The van der Waals surface area contributed by atoms with E-state index in [0.29, 0.717) is 0 Å². The molecule has 0 saturated carbocycles. The van der Waals surface area contributed by atoms with Gasteiger partial charge in [-0.1, -0.05) is 18.2 Å². The fourth-order valence-electron chi connectivity index (χ4n) is 1.14. The molecule has 0 spiro atoms. The van der Waals surface area contributed by atoms with E-state index >= 15 is 0 Å². The molecule has 1 aromatic carbocycles. The molecule has 0 saturated heterocycles. The van der Waals surface area contributed by atoms with Gasteiger partial charge in [-0.15, -0.1) is 0 Å². The van der Waals surface area contributed by atoms with Gasteiger partial charge in [0.15, 0.2) is 0 Å². The van der Waals surface area contributed by atoms with Crippen LogP contribution in [0.1, 0.15) is 5.56 Å². The Morgan fingerprint density at radius 3 is 3.09 bits per heavy atom. The predicted molar refractivity (Wildman–Crippen MR) is 44.3 cm³/mol. The van der Waals surface area contributed by atoms with Gasteiger partial charge in [0.1, 0.15) is 6.34 Å². The molecule has 3 heteroatoms. The smallest absolute Gasteiger partial charge is 0.106 e. The van der Waals surface area contributed by atoms with Crippen molar-refractivity contribution in [3.05, 3.63) is 29.8 Å². The zero-order valence-electron chi connectivity index (χ0n) is 6.07. The van der Waals surface area contributed by atoms with Crippen molar-refractivity contribution in [2.75, 3.05) is 0 Å². The SMILES string of the molecule is NN1C=Nc2ccccc2C1. The van der Waals surface area contributed by atoms with Crippen LogP contribution in [0.25, 0.3) is 0 Å². The van der Waals surface area contributed by atoms with Crippen LogP contribution in [0.15, 0.2) is 29.3 Å². The molecule has 1 aliphatic rings. The molecule has 0 bridgehead atoms. The van der Waals surface area contributed by atoms with E-state index in [9.17, 15) is 0 Å². The lowest BCUT2D eigenvalue weighted by Crippen LogP contribution is -2.30. The highest BCUT2D eigenvalue weighted by atomic mass is 15.4. The number of rotatable bonds is 0. The maximum Gasteiger partial charge on any atom is 0.106 e. The molecule has 0 unspecified atom stereocenters. The molecule has 3 nitrogen and oxygen atoms in total. The molecular weight excluding hydrogens is 138 g/mol. The molecule has 0 fully saturated rings. The number of hydrogen-bond acceptors (Lipinski definition) is 3. The van der Waals surface area contributed by atoms with Crippen LogP contribution in [-0.4, -0.2) is 11.3 Å². The summed E-state index contributed by atoms with van der Waals surface area (Å²) >= 11 is 0. The molecule has 11 heavy (non-hydrogen) atoms. The summed E-state index contributed by atoms with van der Waals surface area (Å²) in [7, 11) is 0. The largest absolute Gasteiger partial charge is 0.296 e. The highest BCUT2D eigenvalue weighted by Gasteiger charge is 2.06. The van der Waals surface area contributed by atoms with Gasteiger partial charge >= 0.3 is 0 Å². The summed E-state index contributed by atoms with van der Waals surface area (Å²) < 4.78 is 0. The Labute approximate surface area is 65.1 Å². The van der Waals surface area contributed by atoms with Crippen molar-refractivity contribution in [3.8, 4) is 0 Å². The summed E-state index contributed by atoms with van der Waals surface area (Å²) in [6, 6.07) is 7.99. The fraction of sp³-hybridized carbons (Fsp3) is 0.125. The molecule has 0 radical (unpaired) electrons. The molecule has 56 valence electrons. The van der Waals surface area contributed by atoms with Gasteiger partial charge in [0.05, 0.1) is 12.2 Å². The first-order chi connectivity index (χ1) is 5.36. The Balaban J connectivity index is 2.46. The summed E-state index contributed by atoms with van der Waals surface area (Å²) in [5.74, 6) is 5.53. The Morgan fingerprint density at radius 2 is 2.18 bits per heavy atom. The molecule has 1 heterocycles. The quantitative estimate of drug-likeness (QED) is 0.557. The van der Waals surface area contributed by atoms with Gasteiger partial charge in [-0.05, 0) is 11.6 Å². The summed E-state index contributed by atoms with van der Waals surface area (Å²) in [6.45, 7) is 0.750. The third-order valence-electron chi connectivity index (χ3n) is 1.69. The second-order valence-corrected chi connectivity index (χ2v) is 2.55. The zero-order chi connectivity index (χ0) is 7.68. The number of nitrogens with two attached hydrogens (primary N) is 1. The minimum absolute atomic E-state index is 0.750. The minimum Gasteiger partial charge on any atom is -0.296 e. The normalized spacial score (nSPS) is 14.8. The average Bonchev–Trinajstić information content (AvgIpc) is 2.04. The number of benzene rings is 1. The first-order valence-electron chi connectivity index (χ1n) is 3.50. The van der Waals surface area contributed by atoms with E-state index in [1.165, 1.54) is 5.56 Å². The second kappa shape index (κ2) is 2.36. The van der Waals surface area contributed by atoms with Crippen LogP contribution in [0, 0.1) is 0 Å². The number of fused-ring (bicyclic) bond motifs is 1. The van der Waals surface area contributed by atoms with Crippen molar-refractivity contribution in [2.24, 2.45) is 10.8 Å². The topological polar surface area (TPSA) is 41.6 Å². The van der Waals surface area contributed by atoms with Gasteiger partial charge in [0, 0.05) is 0 Å². The van der Waals surface area contributed by atoms with Crippen LogP contribution >= 0.6 is 0 Å². The summed E-state index contributed by atoms with van der Waals surface area (Å²) in [5, 5.41) is 1.57. The maximum absolute atomic E-state index is 5.53. The number of aliphatic imine (C=N–C) groups is 1. The van der Waals surface area contributed by atoms with Crippen LogP contribution < -0.4 is 5.84 Å². The molecule has 0 atom stereocenters. The van der Waals surface area contributed by atoms with Gasteiger partial charge in [-0.3, -0.25) is 5.01 Å². The first kappa shape index (κ1) is 6.37. The average molecular weight is 147 g/mol. The molecule has 0 amide bonds. The Kier molecular flexibility index (Phi) is 1.36. The number of hydrogen-bond donors (Lipinski definition) is 1. The minimum atomic E-state index is 0.750. The van der Waals surface area contributed by atoms with Crippen LogP contribution in [0.3, 0.4) is 0 Å². The summed E-state index contributed by atoms with van der Waals surface area (Å²) in [6.07, 6.45) is 1.64. The summed E-state index contributed by atoms with van der Waals surface area (Å²) in [4.78, 5) is 4.15. The molecule has 1 aliphatic heterocycles. The van der Waals surface area contributed by atoms with Crippen LogP contribution in [0.5, 0.6) is 0 Å². The van der Waals surface area contributed by atoms with Crippen molar-refractivity contribution < 1.29 is 0 Å². The van der Waals surface area contributed by atoms with Gasteiger partial charge in [-0.25, -0.2) is 10.8 Å².